The molecule has 162 valence electrons. The molecule has 1 aliphatic rings. The maximum Gasteiger partial charge on any atom is 0.266 e. The standard InChI is InChI=1S/C24H24N6OS/c25-23(31)21-22(32-18-5-2-1-3-6-18)19-15-17(7-8-20(19)28-21)16-29-11-13-30(14-12-29)24-26-9-4-10-27-24/h1-10,15,28H,11-14,16H2,(H2,25,31). The van der Waals surface area contributed by atoms with Crippen LogP contribution < -0.4 is 10.6 Å². The van der Waals surface area contributed by atoms with Crippen molar-refractivity contribution >= 4 is 34.5 Å². The van der Waals surface area contributed by atoms with E-state index in [1.165, 1.54) is 5.56 Å². The number of fused-ring (bicyclic) bond motifs is 1. The van der Waals surface area contributed by atoms with Crippen LogP contribution in [0.4, 0.5) is 5.95 Å². The van der Waals surface area contributed by atoms with E-state index in [1.54, 1.807) is 24.2 Å². The molecule has 2 aromatic heterocycles. The van der Waals surface area contributed by atoms with Gasteiger partial charge in [-0.1, -0.05) is 36.0 Å². The van der Waals surface area contributed by atoms with Gasteiger partial charge in [0, 0.05) is 60.9 Å². The van der Waals surface area contributed by atoms with Crippen molar-refractivity contribution in [1.82, 2.24) is 19.9 Å². The van der Waals surface area contributed by atoms with E-state index in [9.17, 15) is 4.79 Å². The van der Waals surface area contributed by atoms with Crippen LogP contribution in [0.25, 0.3) is 10.9 Å². The Kier molecular flexibility index (Phi) is 5.79. The fourth-order valence-electron chi connectivity index (χ4n) is 4.02. The fraction of sp³-hybridized carbons (Fsp3) is 0.208. The topological polar surface area (TPSA) is 91.1 Å². The number of primary amides is 1. The summed E-state index contributed by atoms with van der Waals surface area (Å²) in [7, 11) is 0. The lowest BCUT2D eigenvalue weighted by Crippen LogP contribution is -2.46. The monoisotopic (exact) mass is 444 g/mol. The summed E-state index contributed by atoms with van der Waals surface area (Å²) < 4.78 is 0. The van der Waals surface area contributed by atoms with E-state index in [2.05, 4.69) is 36.9 Å². The van der Waals surface area contributed by atoms with Crippen LogP contribution in [0.15, 0.2) is 76.8 Å². The molecule has 0 spiro atoms. The highest BCUT2D eigenvalue weighted by atomic mass is 32.2. The number of aromatic nitrogens is 3. The molecule has 1 fully saturated rings. The highest BCUT2D eigenvalue weighted by Gasteiger charge is 2.20. The molecule has 3 N–H and O–H groups in total. The van der Waals surface area contributed by atoms with Gasteiger partial charge in [-0.15, -0.1) is 0 Å². The molecular formula is C24H24N6OS. The first-order valence-corrected chi connectivity index (χ1v) is 11.4. The first-order valence-electron chi connectivity index (χ1n) is 10.6. The Morgan fingerprint density at radius 1 is 1.00 bits per heavy atom. The number of aromatic amines is 1. The molecular weight excluding hydrogens is 420 g/mol. The van der Waals surface area contributed by atoms with E-state index in [-0.39, 0.29) is 0 Å². The van der Waals surface area contributed by atoms with E-state index < -0.39 is 5.91 Å². The van der Waals surface area contributed by atoms with E-state index >= 15 is 0 Å². The first kappa shape index (κ1) is 20.5. The fourth-order valence-corrected chi connectivity index (χ4v) is 5.08. The highest BCUT2D eigenvalue weighted by Crippen LogP contribution is 2.37. The molecule has 1 aliphatic heterocycles. The summed E-state index contributed by atoms with van der Waals surface area (Å²) in [6, 6.07) is 18.2. The van der Waals surface area contributed by atoms with Crippen molar-refractivity contribution in [1.29, 1.82) is 0 Å². The number of rotatable bonds is 6. The number of nitrogens with one attached hydrogen (secondary N) is 1. The molecule has 0 radical (unpaired) electrons. The van der Waals surface area contributed by atoms with E-state index in [0.717, 1.165) is 59.4 Å². The van der Waals surface area contributed by atoms with Gasteiger partial charge in [0.2, 0.25) is 5.95 Å². The molecule has 2 aromatic carbocycles. The third-order valence-corrected chi connectivity index (χ3v) is 6.77. The maximum absolute atomic E-state index is 12.1. The van der Waals surface area contributed by atoms with Gasteiger partial charge in [0.15, 0.2) is 0 Å². The summed E-state index contributed by atoms with van der Waals surface area (Å²) in [5.74, 6) is 0.350. The number of nitrogens with zero attached hydrogens (tertiary/aromatic N) is 4. The van der Waals surface area contributed by atoms with Gasteiger partial charge < -0.3 is 15.6 Å². The predicted molar refractivity (Wildman–Crippen MR) is 127 cm³/mol. The van der Waals surface area contributed by atoms with Crippen LogP contribution in [-0.4, -0.2) is 51.9 Å². The number of amides is 1. The minimum absolute atomic E-state index is 0.444. The minimum Gasteiger partial charge on any atom is -0.364 e. The molecule has 0 saturated carbocycles. The summed E-state index contributed by atoms with van der Waals surface area (Å²) in [5.41, 5.74) is 8.27. The van der Waals surface area contributed by atoms with Crippen LogP contribution in [-0.2, 0) is 6.54 Å². The maximum atomic E-state index is 12.1. The molecule has 0 atom stereocenters. The van der Waals surface area contributed by atoms with Crippen LogP contribution in [0.5, 0.6) is 0 Å². The molecule has 5 rings (SSSR count). The van der Waals surface area contributed by atoms with Crippen molar-refractivity contribution in [2.75, 3.05) is 31.1 Å². The Labute approximate surface area is 190 Å². The average molecular weight is 445 g/mol. The van der Waals surface area contributed by atoms with Crippen molar-refractivity contribution < 1.29 is 4.79 Å². The lowest BCUT2D eigenvalue weighted by molar-refractivity contribution is 0.0993. The van der Waals surface area contributed by atoms with Crippen LogP contribution >= 0.6 is 11.8 Å². The quantitative estimate of drug-likeness (QED) is 0.473. The van der Waals surface area contributed by atoms with Crippen LogP contribution in [0.1, 0.15) is 16.1 Å². The lowest BCUT2D eigenvalue weighted by Gasteiger charge is -2.34. The minimum atomic E-state index is -0.444. The number of piperazine rings is 1. The molecule has 0 aliphatic carbocycles. The number of nitrogens with two attached hydrogens (primary N) is 1. The molecule has 32 heavy (non-hydrogen) atoms. The second-order valence-electron chi connectivity index (χ2n) is 7.80. The average Bonchev–Trinajstić information content (AvgIpc) is 3.19. The van der Waals surface area contributed by atoms with Crippen LogP contribution in [0.3, 0.4) is 0 Å². The van der Waals surface area contributed by atoms with Gasteiger partial charge >= 0.3 is 0 Å². The van der Waals surface area contributed by atoms with Gasteiger partial charge in [-0.25, -0.2) is 9.97 Å². The van der Waals surface area contributed by atoms with E-state index in [1.807, 2.05) is 42.5 Å². The molecule has 4 aromatic rings. The summed E-state index contributed by atoms with van der Waals surface area (Å²) in [5, 5.41) is 1.03. The van der Waals surface area contributed by atoms with E-state index in [0.29, 0.717) is 5.69 Å². The van der Waals surface area contributed by atoms with Crippen molar-refractivity contribution in [2.24, 2.45) is 5.73 Å². The first-order chi connectivity index (χ1) is 15.7. The zero-order chi connectivity index (χ0) is 21.9. The Morgan fingerprint density at radius 2 is 1.75 bits per heavy atom. The molecule has 1 amide bonds. The normalized spacial score (nSPS) is 14.7. The van der Waals surface area contributed by atoms with Gasteiger partial charge in [-0.3, -0.25) is 9.69 Å². The van der Waals surface area contributed by atoms with Gasteiger partial charge in [0.1, 0.15) is 5.69 Å². The molecule has 3 heterocycles. The second kappa shape index (κ2) is 9.02. The third kappa shape index (κ3) is 4.32. The second-order valence-corrected chi connectivity index (χ2v) is 8.88. The third-order valence-electron chi connectivity index (χ3n) is 5.64. The Balaban J connectivity index is 1.35. The SMILES string of the molecule is NC(=O)c1[nH]c2ccc(CN3CCN(c4ncccn4)CC3)cc2c1Sc1ccccc1. The van der Waals surface area contributed by atoms with Crippen molar-refractivity contribution in [3.05, 3.63) is 78.2 Å². The Hall–Kier alpha value is -3.36. The summed E-state index contributed by atoms with van der Waals surface area (Å²) in [4.78, 5) is 30.6. The van der Waals surface area contributed by atoms with Crippen molar-refractivity contribution in [2.45, 2.75) is 16.3 Å². The molecule has 7 nitrogen and oxygen atoms in total. The smallest absolute Gasteiger partial charge is 0.266 e. The van der Waals surface area contributed by atoms with Crippen LogP contribution in [0.2, 0.25) is 0 Å². The van der Waals surface area contributed by atoms with E-state index in [4.69, 9.17) is 5.73 Å². The number of carbonyl (C=O) groups excluding carboxylic acids is 1. The largest absolute Gasteiger partial charge is 0.364 e. The Morgan fingerprint density at radius 3 is 2.47 bits per heavy atom. The number of benzene rings is 2. The molecule has 0 unspecified atom stereocenters. The summed E-state index contributed by atoms with van der Waals surface area (Å²) in [6.45, 7) is 4.55. The molecule has 1 saturated heterocycles. The van der Waals surface area contributed by atoms with Crippen molar-refractivity contribution in [3.8, 4) is 0 Å². The number of anilines is 1. The van der Waals surface area contributed by atoms with Gasteiger partial charge in [-0.05, 0) is 35.9 Å². The number of hydrogen-bond acceptors (Lipinski definition) is 6. The Bertz CT molecular complexity index is 1220. The summed E-state index contributed by atoms with van der Waals surface area (Å²) in [6.07, 6.45) is 3.57. The van der Waals surface area contributed by atoms with Crippen LogP contribution in [0, 0.1) is 0 Å². The number of H-pyrrole nitrogens is 1. The number of carbonyl (C=O) groups is 1. The molecule has 0 bridgehead atoms. The van der Waals surface area contributed by atoms with Gasteiger partial charge in [0.25, 0.3) is 5.91 Å². The number of hydrogen-bond donors (Lipinski definition) is 2. The van der Waals surface area contributed by atoms with Gasteiger partial charge in [0.05, 0.1) is 4.90 Å². The lowest BCUT2D eigenvalue weighted by atomic mass is 10.1. The van der Waals surface area contributed by atoms with Gasteiger partial charge in [-0.2, -0.15) is 0 Å². The zero-order valence-electron chi connectivity index (χ0n) is 17.6. The summed E-state index contributed by atoms with van der Waals surface area (Å²) >= 11 is 1.57. The predicted octanol–water partition coefficient (Wildman–Crippen LogP) is 3.53. The highest BCUT2D eigenvalue weighted by molar-refractivity contribution is 7.99. The van der Waals surface area contributed by atoms with Crippen molar-refractivity contribution in [3.63, 3.8) is 0 Å². The zero-order valence-corrected chi connectivity index (χ0v) is 18.4. The molecule has 8 heteroatoms.